The highest BCUT2D eigenvalue weighted by Gasteiger charge is 2.50. The third-order valence-corrected chi connectivity index (χ3v) is 5.90. The molecule has 4 fully saturated rings. The number of ether oxygens (including phenoxy) is 2. The van der Waals surface area contributed by atoms with E-state index in [2.05, 4.69) is 12.3 Å². The monoisotopic (exact) mass is 299 g/mol. The van der Waals surface area contributed by atoms with Gasteiger partial charge in [0.1, 0.15) is 0 Å². The van der Waals surface area contributed by atoms with Gasteiger partial charge in [-0.3, -0.25) is 4.99 Å². The number of aliphatic imine (C=N–C) groups is 1. The van der Waals surface area contributed by atoms with Crippen molar-refractivity contribution in [2.24, 2.45) is 22.7 Å². The minimum atomic E-state index is 0.238. The Labute approximate surface area is 132 Å². The molecule has 0 saturated heterocycles. The summed E-state index contributed by atoms with van der Waals surface area (Å²) >= 11 is 0. The van der Waals surface area contributed by atoms with Crippen LogP contribution in [0.15, 0.2) is 23.2 Å². The van der Waals surface area contributed by atoms with Crippen molar-refractivity contribution in [2.75, 3.05) is 14.2 Å². The summed E-state index contributed by atoms with van der Waals surface area (Å²) in [5.74, 6) is 4.36. The van der Waals surface area contributed by atoms with Gasteiger partial charge in [-0.25, -0.2) is 0 Å². The summed E-state index contributed by atoms with van der Waals surface area (Å²) in [6.07, 6.45) is 10.4. The van der Waals surface area contributed by atoms with Crippen LogP contribution in [0.5, 0.6) is 11.5 Å². The van der Waals surface area contributed by atoms with Crippen LogP contribution in [-0.2, 0) is 0 Å². The minimum Gasteiger partial charge on any atom is -0.493 e. The predicted octanol–water partition coefficient (Wildman–Crippen LogP) is 4.09. The van der Waals surface area contributed by atoms with Gasteiger partial charge in [0.25, 0.3) is 0 Å². The molecule has 0 amide bonds. The minimum absolute atomic E-state index is 0.238. The SMILES string of the molecule is COc1ccc(C=NC23CC4CC(CC(C4)C2)C3)cc1OC. The quantitative estimate of drug-likeness (QED) is 0.784. The maximum absolute atomic E-state index is 5.39. The fourth-order valence-corrected chi connectivity index (χ4v) is 5.37. The molecule has 1 aromatic rings. The van der Waals surface area contributed by atoms with Crippen LogP contribution in [-0.4, -0.2) is 26.0 Å². The van der Waals surface area contributed by atoms with E-state index in [1.165, 1.54) is 38.5 Å². The summed E-state index contributed by atoms with van der Waals surface area (Å²) in [5, 5.41) is 0. The van der Waals surface area contributed by atoms with Crippen molar-refractivity contribution in [1.29, 1.82) is 0 Å². The Morgan fingerprint density at radius 2 is 1.55 bits per heavy atom. The molecule has 5 rings (SSSR count). The van der Waals surface area contributed by atoms with Gasteiger partial charge in [-0.2, -0.15) is 0 Å². The molecule has 22 heavy (non-hydrogen) atoms. The number of methoxy groups -OCH3 is 2. The first kappa shape index (κ1) is 14.1. The van der Waals surface area contributed by atoms with Crippen molar-refractivity contribution in [1.82, 2.24) is 0 Å². The molecule has 0 spiro atoms. The number of hydrogen-bond acceptors (Lipinski definition) is 3. The van der Waals surface area contributed by atoms with Crippen molar-refractivity contribution in [2.45, 2.75) is 44.1 Å². The Morgan fingerprint density at radius 3 is 2.09 bits per heavy atom. The molecule has 4 aliphatic rings. The van der Waals surface area contributed by atoms with Crippen LogP contribution in [0.2, 0.25) is 0 Å². The molecule has 0 radical (unpaired) electrons. The Balaban J connectivity index is 1.57. The highest BCUT2D eigenvalue weighted by atomic mass is 16.5. The van der Waals surface area contributed by atoms with E-state index < -0.39 is 0 Å². The molecule has 0 aliphatic heterocycles. The molecule has 4 bridgehead atoms. The summed E-state index contributed by atoms with van der Waals surface area (Å²) in [7, 11) is 3.35. The van der Waals surface area contributed by atoms with Crippen molar-refractivity contribution in [3.63, 3.8) is 0 Å². The van der Waals surface area contributed by atoms with Crippen LogP contribution in [0, 0.1) is 17.8 Å². The van der Waals surface area contributed by atoms with E-state index >= 15 is 0 Å². The van der Waals surface area contributed by atoms with Crippen molar-refractivity contribution in [3.05, 3.63) is 23.8 Å². The lowest BCUT2D eigenvalue weighted by Crippen LogP contribution is -2.49. The molecule has 3 nitrogen and oxygen atoms in total. The second-order valence-electron chi connectivity index (χ2n) is 7.51. The van der Waals surface area contributed by atoms with Gasteiger partial charge >= 0.3 is 0 Å². The topological polar surface area (TPSA) is 30.8 Å². The van der Waals surface area contributed by atoms with Gasteiger partial charge in [0.05, 0.1) is 19.8 Å². The standard InChI is InChI=1S/C19H25NO2/c1-21-17-4-3-13(8-18(17)22-2)12-20-19-9-14-5-15(10-19)7-16(6-14)11-19/h3-4,8,12,14-16H,5-7,9-11H2,1-2H3. The molecule has 118 valence electrons. The smallest absolute Gasteiger partial charge is 0.161 e. The first-order chi connectivity index (χ1) is 10.7. The Morgan fingerprint density at radius 1 is 0.955 bits per heavy atom. The molecular weight excluding hydrogens is 274 g/mol. The molecule has 0 N–H and O–H groups in total. The summed E-state index contributed by atoms with van der Waals surface area (Å²) < 4.78 is 10.7. The van der Waals surface area contributed by atoms with Gasteiger partial charge in [-0.1, -0.05) is 0 Å². The van der Waals surface area contributed by atoms with Gasteiger partial charge in [-0.15, -0.1) is 0 Å². The zero-order chi connectivity index (χ0) is 15.2. The van der Waals surface area contributed by atoms with Crippen LogP contribution < -0.4 is 9.47 Å². The van der Waals surface area contributed by atoms with E-state index in [0.29, 0.717) is 0 Å². The maximum atomic E-state index is 5.39. The third-order valence-electron chi connectivity index (χ3n) is 5.90. The highest BCUT2D eigenvalue weighted by molar-refractivity contribution is 5.81. The van der Waals surface area contributed by atoms with Crippen molar-refractivity contribution < 1.29 is 9.47 Å². The fraction of sp³-hybridized carbons (Fsp3) is 0.632. The van der Waals surface area contributed by atoms with Crippen LogP contribution >= 0.6 is 0 Å². The number of hydrogen-bond donors (Lipinski definition) is 0. The summed E-state index contributed by atoms with van der Waals surface area (Å²) in [4.78, 5) is 5.10. The van der Waals surface area contributed by atoms with Crippen molar-refractivity contribution in [3.8, 4) is 11.5 Å². The molecule has 0 heterocycles. The van der Waals surface area contributed by atoms with Crippen molar-refractivity contribution >= 4 is 6.21 Å². The van der Waals surface area contributed by atoms with E-state index in [4.69, 9.17) is 14.5 Å². The molecule has 0 atom stereocenters. The van der Waals surface area contributed by atoms with Gasteiger partial charge in [0, 0.05) is 6.21 Å². The van der Waals surface area contributed by atoms with E-state index in [1.807, 2.05) is 12.1 Å². The van der Waals surface area contributed by atoms with Crippen LogP contribution in [0.4, 0.5) is 0 Å². The Hall–Kier alpha value is -1.51. The summed E-state index contributed by atoms with van der Waals surface area (Å²) in [6.45, 7) is 0. The number of rotatable bonds is 4. The zero-order valence-corrected chi connectivity index (χ0v) is 13.5. The van der Waals surface area contributed by atoms with Gasteiger partial charge in [-0.05, 0) is 80.0 Å². The maximum Gasteiger partial charge on any atom is 0.161 e. The zero-order valence-electron chi connectivity index (χ0n) is 13.5. The lowest BCUT2D eigenvalue weighted by atomic mass is 9.53. The van der Waals surface area contributed by atoms with Crippen LogP contribution in [0.3, 0.4) is 0 Å². The Bertz CT molecular complexity index is 558. The van der Waals surface area contributed by atoms with E-state index in [1.54, 1.807) is 14.2 Å². The highest BCUT2D eigenvalue weighted by Crippen LogP contribution is 2.57. The molecule has 1 aromatic carbocycles. The molecule has 0 unspecified atom stereocenters. The van der Waals surface area contributed by atoms with Crippen LogP contribution in [0.1, 0.15) is 44.1 Å². The molecule has 0 aromatic heterocycles. The average molecular weight is 299 g/mol. The van der Waals surface area contributed by atoms with Gasteiger partial charge < -0.3 is 9.47 Å². The largest absolute Gasteiger partial charge is 0.493 e. The molecule has 4 aliphatic carbocycles. The molecule has 3 heteroatoms. The third kappa shape index (κ3) is 2.41. The molecular formula is C19H25NO2. The van der Waals surface area contributed by atoms with Gasteiger partial charge in [0.2, 0.25) is 0 Å². The average Bonchev–Trinajstić information content (AvgIpc) is 2.51. The normalized spacial score (nSPS) is 36.0. The second kappa shape index (κ2) is 5.29. The lowest BCUT2D eigenvalue weighted by molar-refractivity contribution is 0.00195. The second-order valence-corrected chi connectivity index (χ2v) is 7.51. The van der Waals surface area contributed by atoms with E-state index in [0.717, 1.165) is 34.8 Å². The predicted molar refractivity (Wildman–Crippen MR) is 88.0 cm³/mol. The first-order valence-corrected chi connectivity index (χ1v) is 8.47. The number of nitrogens with zero attached hydrogens (tertiary/aromatic N) is 1. The fourth-order valence-electron chi connectivity index (χ4n) is 5.37. The number of benzene rings is 1. The van der Waals surface area contributed by atoms with E-state index in [-0.39, 0.29) is 5.54 Å². The Kier molecular flexibility index (Phi) is 3.39. The van der Waals surface area contributed by atoms with E-state index in [9.17, 15) is 0 Å². The summed E-state index contributed by atoms with van der Waals surface area (Å²) in [6, 6.07) is 6.04. The van der Waals surface area contributed by atoms with Crippen LogP contribution in [0.25, 0.3) is 0 Å². The summed E-state index contributed by atoms with van der Waals surface area (Å²) in [5.41, 5.74) is 1.34. The molecule has 4 saturated carbocycles. The van der Waals surface area contributed by atoms with Gasteiger partial charge in [0.15, 0.2) is 11.5 Å². The lowest BCUT2D eigenvalue weighted by Gasteiger charge is -2.54. The first-order valence-electron chi connectivity index (χ1n) is 8.47.